The van der Waals surface area contributed by atoms with Crippen LogP contribution in [0.15, 0.2) is 73.3 Å². The molecule has 0 unspecified atom stereocenters. The zero-order valence-electron chi connectivity index (χ0n) is 13.6. The van der Waals surface area contributed by atoms with Gasteiger partial charge < -0.3 is 4.57 Å². The molecule has 0 spiro atoms. The second-order valence-electron chi connectivity index (χ2n) is 6.42. The molecule has 114 valence electrons. The Hall–Kier alpha value is -3.06. The molecule has 0 N–H and O–H groups in total. The Morgan fingerprint density at radius 3 is 2.33 bits per heavy atom. The quantitative estimate of drug-likeness (QED) is 0.321. The second-order valence-corrected chi connectivity index (χ2v) is 6.42. The van der Waals surface area contributed by atoms with Crippen LogP contribution in [0.3, 0.4) is 0 Å². The summed E-state index contributed by atoms with van der Waals surface area (Å²) in [6.07, 6.45) is 1.91. The van der Waals surface area contributed by atoms with Gasteiger partial charge in [0.2, 0.25) is 0 Å². The molecule has 0 atom stereocenters. The lowest BCUT2D eigenvalue weighted by Gasteiger charge is -2.06. The first-order valence-electron chi connectivity index (χ1n) is 8.22. The lowest BCUT2D eigenvalue weighted by Crippen LogP contribution is -1.88. The summed E-state index contributed by atoms with van der Waals surface area (Å²) in [5, 5.41) is 7.77. The number of nitrogens with zero attached hydrogens (tertiary/aromatic N) is 1. The Balaban J connectivity index is 2.03. The monoisotopic (exact) mass is 307 g/mol. The summed E-state index contributed by atoms with van der Waals surface area (Å²) < 4.78 is 2.31. The number of rotatable bonds is 1. The molecule has 0 fully saturated rings. The third-order valence-corrected chi connectivity index (χ3v) is 5.10. The molecule has 0 saturated heterocycles. The zero-order chi connectivity index (χ0) is 16.3. The highest BCUT2D eigenvalue weighted by Crippen LogP contribution is 2.35. The van der Waals surface area contributed by atoms with E-state index >= 15 is 0 Å². The van der Waals surface area contributed by atoms with Crippen LogP contribution in [0.25, 0.3) is 49.4 Å². The van der Waals surface area contributed by atoms with Crippen LogP contribution in [0.5, 0.6) is 0 Å². The highest BCUT2D eigenvalue weighted by molar-refractivity contribution is 6.19. The number of hydrogen-bond acceptors (Lipinski definition) is 0. The molecule has 5 rings (SSSR count). The third kappa shape index (κ3) is 1.70. The minimum absolute atomic E-state index is 1.16. The van der Waals surface area contributed by atoms with Crippen molar-refractivity contribution in [2.75, 3.05) is 0 Å². The number of aromatic nitrogens is 1. The van der Waals surface area contributed by atoms with Crippen molar-refractivity contribution in [2.45, 2.75) is 0 Å². The van der Waals surface area contributed by atoms with Crippen molar-refractivity contribution >= 4 is 49.4 Å². The molecule has 1 nitrogen and oxygen atoms in total. The molecule has 24 heavy (non-hydrogen) atoms. The van der Waals surface area contributed by atoms with Crippen LogP contribution in [0.2, 0.25) is 0 Å². The molecule has 0 bridgehead atoms. The van der Waals surface area contributed by atoms with Crippen molar-refractivity contribution in [3.05, 3.63) is 78.9 Å². The number of fused-ring (bicyclic) bond motifs is 6. The molecule has 0 aliphatic heterocycles. The van der Waals surface area contributed by atoms with Crippen molar-refractivity contribution in [1.82, 2.24) is 4.57 Å². The predicted octanol–water partition coefficient (Wildman–Crippen LogP) is 6.28. The van der Waals surface area contributed by atoms with E-state index < -0.39 is 0 Å². The van der Waals surface area contributed by atoms with Crippen molar-refractivity contribution in [1.29, 1.82) is 0 Å². The van der Waals surface area contributed by atoms with Gasteiger partial charge in [-0.1, -0.05) is 55.1 Å². The fourth-order valence-electron chi connectivity index (χ4n) is 3.89. The van der Waals surface area contributed by atoms with Crippen molar-refractivity contribution < 1.29 is 0 Å². The molecule has 1 aromatic heterocycles. The van der Waals surface area contributed by atoms with Crippen molar-refractivity contribution in [3.8, 4) is 0 Å². The van der Waals surface area contributed by atoms with Crippen molar-refractivity contribution in [3.63, 3.8) is 0 Å². The summed E-state index contributed by atoms with van der Waals surface area (Å²) >= 11 is 0. The van der Waals surface area contributed by atoms with Crippen LogP contribution < -0.4 is 0 Å². The molecule has 0 saturated carbocycles. The molecule has 0 aliphatic carbocycles. The van der Waals surface area contributed by atoms with E-state index in [-0.39, 0.29) is 0 Å². The third-order valence-electron chi connectivity index (χ3n) is 5.10. The lowest BCUT2D eigenvalue weighted by molar-refractivity contribution is 1.02. The van der Waals surface area contributed by atoms with Gasteiger partial charge in [0.05, 0.1) is 5.52 Å². The first-order chi connectivity index (χ1) is 11.8. The van der Waals surface area contributed by atoms with Gasteiger partial charge in [-0.25, -0.2) is 0 Å². The van der Waals surface area contributed by atoms with Crippen LogP contribution in [-0.4, -0.2) is 4.57 Å². The Kier molecular flexibility index (Phi) is 2.63. The fraction of sp³-hybridized carbons (Fsp3) is 0.0435. The van der Waals surface area contributed by atoms with E-state index in [1.54, 1.807) is 0 Å². The van der Waals surface area contributed by atoms with E-state index in [4.69, 9.17) is 0 Å². The molecular weight excluding hydrogens is 290 g/mol. The Morgan fingerprint density at radius 2 is 1.54 bits per heavy atom. The summed E-state index contributed by atoms with van der Waals surface area (Å²) in [6.45, 7) is 3.90. The predicted molar refractivity (Wildman–Crippen MR) is 106 cm³/mol. The minimum atomic E-state index is 1.16. The van der Waals surface area contributed by atoms with E-state index in [0.29, 0.717) is 0 Å². The molecule has 5 aromatic rings. The standard InChI is InChI=1S/C23H17N/c1-3-15-8-11-22-21(12-15)19-10-9-18-13-16-6-4-5-7-17(16)14-20(18)23(19)24(22)2/h3-14H,1H2,2H3. The van der Waals surface area contributed by atoms with Crippen LogP contribution in [0, 0.1) is 0 Å². The van der Waals surface area contributed by atoms with Gasteiger partial charge in [0.1, 0.15) is 0 Å². The summed E-state index contributed by atoms with van der Waals surface area (Å²) in [6, 6.07) is 24.2. The van der Waals surface area contributed by atoms with Crippen LogP contribution in [0.1, 0.15) is 5.56 Å². The van der Waals surface area contributed by atoms with E-state index in [1.807, 2.05) is 6.08 Å². The average molecular weight is 307 g/mol. The van der Waals surface area contributed by atoms with Gasteiger partial charge in [-0.2, -0.15) is 0 Å². The second kappa shape index (κ2) is 4.72. The van der Waals surface area contributed by atoms with E-state index in [9.17, 15) is 0 Å². The number of hydrogen-bond donors (Lipinski definition) is 0. The molecule has 0 radical (unpaired) electrons. The van der Waals surface area contributed by atoms with E-state index in [0.717, 1.165) is 5.56 Å². The Morgan fingerprint density at radius 1 is 0.750 bits per heavy atom. The SMILES string of the molecule is C=Cc1ccc2c(c1)c1ccc3cc4ccccc4cc3c1n2C. The fourth-order valence-corrected chi connectivity index (χ4v) is 3.89. The Labute approximate surface area is 140 Å². The highest BCUT2D eigenvalue weighted by atomic mass is 14.9. The normalized spacial score (nSPS) is 11.7. The first-order valence-corrected chi connectivity index (χ1v) is 8.22. The Bertz CT molecular complexity index is 1270. The van der Waals surface area contributed by atoms with Gasteiger partial charge in [0.25, 0.3) is 0 Å². The zero-order valence-corrected chi connectivity index (χ0v) is 13.6. The van der Waals surface area contributed by atoms with Crippen LogP contribution >= 0.6 is 0 Å². The topological polar surface area (TPSA) is 4.93 Å². The van der Waals surface area contributed by atoms with Gasteiger partial charge >= 0.3 is 0 Å². The maximum absolute atomic E-state index is 3.90. The molecule has 1 heterocycles. The summed E-state index contributed by atoms with van der Waals surface area (Å²) in [7, 11) is 2.16. The number of aryl methyl sites for hydroxylation is 1. The van der Waals surface area contributed by atoms with Gasteiger partial charge in [0, 0.05) is 28.7 Å². The molecule has 1 heteroatoms. The molecule has 4 aromatic carbocycles. The smallest absolute Gasteiger partial charge is 0.0568 e. The van der Waals surface area contributed by atoms with Crippen LogP contribution in [0.4, 0.5) is 0 Å². The van der Waals surface area contributed by atoms with Gasteiger partial charge in [-0.05, 0) is 46.0 Å². The van der Waals surface area contributed by atoms with E-state index in [1.165, 1.54) is 43.4 Å². The summed E-state index contributed by atoms with van der Waals surface area (Å²) in [5.41, 5.74) is 3.72. The molecule has 0 aliphatic rings. The first kappa shape index (κ1) is 13.4. The van der Waals surface area contributed by atoms with Gasteiger partial charge in [-0.3, -0.25) is 0 Å². The highest BCUT2D eigenvalue weighted by Gasteiger charge is 2.12. The van der Waals surface area contributed by atoms with Crippen LogP contribution in [-0.2, 0) is 7.05 Å². The minimum Gasteiger partial charge on any atom is -0.343 e. The van der Waals surface area contributed by atoms with Crippen molar-refractivity contribution in [2.24, 2.45) is 7.05 Å². The lowest BCUT2D eigenvalue weighted by atomic mass is 10.0. The van der Waals surface area contributed by atoms with Gasteiger partial charge in [-0.15, -0.1) is 0 Å². The molecular formula is C23H17N. The maximum atomic E-state index is 3.90. The van der Waals surface area contributed by atoms with E-state index in [2.05, 4.69) is 84.9 Å². The maximum Gasteiger partial charge on any atom is 0.0568 e. The summed E-state index contributed by atoms with van der Waals surface area (Å²) in [5.74, 6) is 0. The molecule has 0 amide bonds. The average Bonchev–Trinajstić information content (AvgIpc) is 2.92. The summed E-state index contributed by atoms with van der Waals surface area (Å²) in [4.78, 5) is 0. The largest absolute Gasteiger partial charge is 0.343 e. The van der Waals surface area contributed by atoms with Gasteiger partial charge in [0.15, 0.2) is 0 Å². The number of benzene rings is 4.